The average Bonchev–Trinajstić information content (AvgIpc) is 3.15. The third kappa shape index (κ3) is 4.28. The maximum Gasteiger partial charge on any atom is 0.264 e. The highest BCUT2D eigenvalue weighted by molar-refractivity contribution is 7.18. The lowest BCUT2D eigenvalue weighted by Crippen LogP contribution is -2.20. The van der Waals surface area contributed by atoms with E-state index >= 15 is 0 Å². The number of benzene rings is 2. The first-order valence-electron chi connectivity index (χ1n) is 7.73. The van der Waals surface area contributed by atoms with Gasteiger partial charge in [-0.05, 0) is 30.3 Å². The van der Waals surface area contributed by atoms with Crippen LogP contribution in [0.3, 0.4) is 0 Å². The summed E-state index contributed by atoms with van der Waals surface area (Å²) in [7, 11) is 3.15. The Morgan fingerprint density at radius 1 is 1.04 bits per heavy atom. The minimum atomic E-state index is -0.302. The van der Waals surface area contributed by atoms with Gasteiger partial charge in [0.15, 0.2) is 18.1 Å². The molecule has 1 heterocycles. The molecule has 0 bridgehead atoms. The summed E-state index contributed by atoms with van der Waals surface area (Å²) in [4.78, 5) is 12.0. The Hall–Kier alpha value is -3.13. The largest absolute Gasteiger partial charge is 0.493 e. The number of rotatable bonds is 7. The number of para-hydroxylation sites is 1. The predicted octanol–water partition coefficient (Wildman–Crippen LogP) is 3.24. The Balaban J connectivity index is 1.63. The Morgan fingerprint density at radius 2 is 1.81 bits per heavy atom. The first kappa shape index (κ1) is 17.7. The second kappa shape index (κ2) is 8.30. The third-order valence-corrected chi connectivity index (χ3v) is 4.30. The Labute approximate surface area is 154 Å². The molecule has 0 aliphatic rings. The molecule has 0 aliphatic carbocycles. The van der Waals surface area contributed by atoms with Crippen LogP contribution in [-0.2, 0) is 4.79 Å². The molecule has 0 spiro atoms. The number of methoxy groups -OCH3 is 2. The maximum absolute atomic E-state index is 12.0. The van der Waals surface area contributed by atoms with Crippen molar-refractivity contribution >= 4 is 22.4 Å². The zero-order chi connectivity index (χ0) is 18.4. The molecule has 0 unspecified atom stereocenters. The fourth-order valence-corrected chi connectivity index (χ4v) is 2.94. The van der Waals surface area contributed by atoms with Gasteiger partial charge in [-0.3, -0.25) is 10.1 Å². The van der Waals surface area contributed by atoms with E-state index in [2.05, 4.69) is 15.5 Å². The van der Waals surface area contributed by atoms with Crippen molar-refractivity contribution < 1.29 is 19.0 Å². The highest BCUT2D eigenvalue weighted by Crippen LogP contribution is 2.34. The number of nitrogens with one attached hydrogen (secondary N) is 1. The quantitative estimate of drug-likeness (QED) is 0.687. The third-order valence-electron chi connectivity index (χ3n) is 3.41. The monoisotopic (exact) mass is 371 g/mol. The first-order valence-corrected chi connectivity index (χ1v) is 8.55. The number of carbonyl (C=O) groups is 1. The van der Waals surface area contributed by atoms with Crippen molar-refractivity contribution in [1.29, 1.82) is 0 Å². The van der Waals surface area contributed by atoms with Crippen LogP contribution in [0.25, 0.3) is 10.6 Å². The van der Waals surface area contributed by atoms with Crippen molar-refractivity contribution in [2.45, 2.75) is 0 Å². The molecule has 8 heteroatoms. The first-order chi connectivity index (χ1) is 12.7. The lowest BCUT2D eigenvalue weighted by atomic mass is 10.2. The molecular formula is C18H17N3O4S. The molecule has 3 aromatic rings. The fraction of sp³-hybridized carbons (Fsp3) is 0.167. The van der Waals surface area contributed by atoms with Gasteiger partial charge in [0.25, 0.3) is 5.91 Å². The molecule has 1 N–H and O–H groups in total. The van der Waals surface area contributed by atoms with Crippen LogP contribution in [0.5, 0.6) is 17.2 Å². The normalized spacial score (nSPS) is 10.2. The molecule has 0 fully saturated rings. The van der Waals surface area contributed by atoms with Crippen molar-refractivity contribution in [3.63, 3.8) is 0 Å². The Kier molecular flexibility index (Phi) is 5.65. The summed E-state index contributed by atoms with van der Waals surface area (Å²) in [6.45, 7) is -0.102. The van der Waals surface area contributed by atoms with Crippen molar-refractivity contribution in [3.05, 3.63) is 48.5 Å². The number of nitrogens with zero attached hydrogens (tertiary/aromatic N) is 2. The van der Waals surface area contributed by atoms with Crippen LogP contribution < -0.4 is 19.5 Å². The maximum atomic E-state index is 12.0. The molecule has 3 rings (SSSR count). The van der Waals surface area contributed by atoms with Crippen molar-refractivity contribution in [2.75, 3.05) is 26.1 Å². The van der Waals surface area contributed by atoms with Crippen molar-refractivity contribution in [1.82, 2.24) is 10.2 Å². The van der Waals surface area contributed by atoms with Gasteiger partial charge in [-0.2, -0.15) is 0 Å². The minimum absolute atomic E-state index is 0.102. The van der Waals surface area contributed by atoms with Gasteiger partial charge in [-0.25, -0.2) is 0 Å². The molecule has 0 saturated carbocycles. The van der Waals surface area contributed by atoms with Crippen molar-refractivity contribution in [3.8, 4) is 27.8 Å². The standard InChI is InChI=1S/C18H17N3O4S/c1-23-14-9-8-12(10-15(14)24-2)17-20-21-18(26-17)19-16(22)11-25-13-6-4-3-5-7-13/h3-10H,11H2,1-2H3,(H,19,21,22). The Bertz CT molecular complexity index is 883. The van der Waals surface area contributed by atoms with Crippen LogP contribution in [-0.4, -0.2) is 36.9 Å². The second-order valence-corrected chi connectivity index (χ2v) is 6.11. The van der Waals surface area contributed by atoms with Gasteiger partial charge in [0, 0.05) is 5.56 Å². The summed E-state index contributed by atoms with van der Waals surface area (Å²) >= 11 is 1.26. The van der Waals surface area contributed by atoms with E-state index in [1.54, 1.807) is 32.4 Å². The van der Waals surface area contributed by atoms with Crippen LogP contribution in [0.15, 0.2) is 48.5 Å². The van der Waals surface area contributed by atoms with Gasteiger partial charge in [0.2, 0.25) is 5.13 Å². The predicted molar refractivity (Wildman–Crippen MR) is 99.0 cm³/mol. The van der Waals surface area contributed by atoms with E-state index in [0.29, 0.717) is 27.4 Å². The molecule has 26 heavy (non-hydrogen) atoms. The van der Waals surface area contributed by atoms with Crippen LogP contribution in [0.4, 0.5) is 5.13 Å². The van der Waals surface area contributed by atoms with Gasteiger partial charge in [0.05, 0.1) is 14.2 Å². The van der Waals surface area contributed by atoms with E-state index in [1.807, 2.05) is 30.3 Å². The SMILES string of the molecule is COc1ccc(-c2nnc(NC(=O)COc3ccccc3)s2)cc1OC. The van der Waals surface area contributed by atoms with Crippen molar-refractivity contribution in [2.24, 2.45) is 0 Å². The van der Waals surface area contributed by atoms with Crippen LogP contribution in [0.1, 0.15) is 0 Å². The molecule has 2 aromatic carbocycles. The number of hydrogen-bond acceptors (Lipinski definition) is 7. The average molecular weight is 371 g/mol. The fourth-order valence-electron chi connectivity index (χ4n) is 2.18. The summed E-state index contributed by atoms with van der Waals surface area (Å²) in [5.41, 5.74) is 0.821. The molecular weight excluding hydrogens is 354 g/mol. The number of carbonyl (C=O) groups excluding carboxylic acids is 1. The van der Waals surface area contributed by atoms with E-state index in [9.17, 15) is 4.79 Å². The van der Waals surface area contributed by atoms with Gasteiger partial charge in [-0.15, -0.1) is 10.2 Å². The van der Waals surface area contributed by atoms with E-state index < -0.39 is 0 Å². The van der Waals surface area contributed by atoms with Gasteiger partial charge < -0.3 is 14.2 Å². The second-order valence-electron chi connectivity index (χ2n) is 5.13. The zero-order valence-corrected chi connectivity index (χ0v) is 15.1. The number of amides is 1. The highest BCUT2D eigenvalue weighted by atomic mass is 32.1. The summed E-state index contributed by atoms with van der Waals surface area (Å²) in [6.07, 6.45) is 0. The molecule has 134 valence electrons. The van der Waals surface area contributed by atoms with E-state index in [0.717, 1.165) is 5.56 Å². The van der Waals surface area contributed by atoms with Gasteiger partial charge in [0.1, 0.15) is 10.8 Å². The molecule has 1 amide bonds. The van der Waals surface area contributed by atoms with E-state index in [1.165, 1.54) is 11.3 Å². The zero-order valence-electron chi connectivity index (χ0n) is 14.3. The van der Waals surface area contributed by atoms with Crippen LogP contribution in [0.2, 0.25) is 0 Å². The van der Waals surface area contributed by atoms with Gasteiger partial charge in [-0.1, -0.05) is 29.5 Å². The van der Waals surface area contributed by atoms with Crippen LogP contribution in [0, 0.1) is 0 Å². The molecule has 0 radical (unpaired) electrons. The van der Waals surface area contributed by atoms with Gasteiger partial charge >= 0.3 is 0 Å². The summed E-state index contributed by atoms with van der Waals surface area (Å²) in [5, 5.41) is 11.8. The minimum Gasteiger partial charge on any atom is -0.493 e. The number of ether oxygens (including phenoxy) is 3. The number of hydrogen-bond donors (Lipinski definition) is 1. The lowest BCUT2D eigenvalue weighted by Gasteiger charge is -2.07. The number of aromatic nitrogens is 2. The molecule has 0 aliphatic heterocycles. The topological polar surface area (TPSA) is 82.6 Å². The molecule has 0 saturated heterocycles. The van der Waals surface area contributed by atoms with Crippen LogP contribution >= 0.6 is 11.3 Å². The smallest absolute Gasteiger partial charge is 0.264 e. The Morgan fingerprint density at radius 3 is 2.54 bits per heavy atom. The molecule has 7 nitrogen and oxygen atoms in total. The highest BCUT2D eigenvalue weighted by Gasteiger charge is 2.12. The summed E-state index contributed by atoms with van der Waals surface area (Å²) < 4.78 is 15.9. The van der Waals surface area contributed by atoms with E-state index in [4.69, 9.17) is 14.2 Å². The molecule has 1 aromatic heterocycles. The summed E-state index contributed by atoms with van der Waals surface area (Å²) in [6, 6.07) is 14.6. The molecule has 0 atom stereocenters. The summed E-state index contributed by atoms with van der Waals surface area (Å²) in [5.74, 6) is 1.56. The number of anilines is 1. The van der Waals surface area contributed by atoms with E-state index in [-0.39, 0.29) is 12.5 Å². The lowest BCUT2D eigenvalue weighted by molar-refractivity contribution is -0.118.